The van der Waals surface area contributed by atoms with Crippen LogP contribution in [-0.2, 0) is 11.3 Å². The van der Waals surface area contributed by atoms with Crippen LogP contribution in [0.15, 0.2) is 24.3 Å². The van der Waals surface area contributed by atoms with Gasteiger partial charge in [-0.05, 0) is 13.1 Å². The smallest absolute Gasteiger partial charge is 0.152 e. The van der Waals surface area contributed by atoms with Crippen LogP contribution in [0, 0.1) is 0 Å². The second-order valence-electron chi connectivity index (χ2n) is 7.38. The fourth-order valence-corrected chi connectivity index (χ4v) is 4.19. The molecule has 0 bridgehead atoms. The number of para-hydroxylation sites is 1. The Morgan fingerprint density at radius 3 is 2.81 bits per heavy atom. The topological polar surface area (TPSA) is 72.4 Å². The number of rotatable bonds is 2. The first-order valence-electron chi connectivity index (χ1n) is 9.24. The molecule has 1 saturated heterocycles. The number of likely N-dealkylation sites (N-methyl/N-ethyl adjacent to an activating group) is 1. The molecule has 1 aromatic carbocycles. The van der Waals surface area contributed by atoms with Gasteiger partial charge in [0.2, 0.25) is 0 Å². The standard InChI is InChI=1S/C19H24N6O/c1-23-6-8-24(9-7-23)10-13-11-26-12-16-22-17-18(25(13)16)14-4-2-3-5-15(14)21-19(17)20/h2-5,13H,6-12H2,1H3,(H2,20,21)/t13-/m0/s1. The van der Waals surface area contributed by atoms with Crippen molar-refractivity contribution in [2.24, 2.45) is 0 Å². The molecule has 1 fully saturated rings. The number of piperazine rings is 1. The van der Waals surface area contributed by atoms with Crippen molar-refractivity contribution in [3.63, 3.8) is 0 Å². The first-order chi connectivity index (χ1) is 12.7. The minimum absolute atomic E-state index is 0.248. The van der Waals surface area contributed by atoms with Gasteiger partial charge in [0.15, 0.2) is 5.82 Å². The monoisotopic (exact) mass is 352 g/mol. The van der Waals surface area contributed by atoms with Crippen molar-refractivity contribution >= 4 is 27.8 Å². The van der Waals surface area contributed by atoms with Gasteiger partial charge in [-0.1, -0.05) is 18.2 Å². The first-order valence-corrected chi connectivity index (χ1v) is 9.24. The molecular formula is C19H24N6O. The van der Waals surface area contributed by atoms with Crippen molar-refractivity contribution in [2.45, 2.75) is 12.6 Å². The van der Waals surface area contributed by atoms with E-state index < -0.39 is 0 Å². The van der Waals surface area contributed by atoms with E-state index in [1.165, 1.54) is 0 Å². The van der Waals surface area contributed by atoms with Gasteiger partial charge in [0.05, 0.1) is 23.7 Å². The molecule has 4 heterocycles. The average molecular weight is 352 g/mol. The van der Waals surface area contributed by atoms with Crippen molar-refractivity contribution in [2.75, 3.05) is 52.1 Å². The van der Waals surface area contributed by atoms with Crippen LogP contribution in [-0.4, -0.2) is 70.7 Å². The van der Waals surface area contributed by atoms with Gasteiger partial charge in [-0.25, -0.2) is 9.97 Å². The predicted octanol–water partition coefficient (Wildman–Crippen LogP) is 1.49. The van der Waals surface area contributed by atoms with Crippen molar-refractivity contribution in [1.82, 2.24) is 24.3 Å². The van der Waals surface area contributed by atoms with Crippen LogP contribution in [0.3, 0.4) is 0 Å². The molecular weight excluding hydrogens is 328 g/mol. The number of pyridine rings is 1. The number of aromatic nitrogens is 3. The molecule has 7 nitrogen and oxygen atoms in total. The van der Waals surface area contributed by atoms with Crippen molar-refractivity contribution in [3.05, 3.63) is 30.1 Å². The summed E-state index contributed by atoms with van der Waals surface area (Å²) in [6, 6.07) is 8.42. The van der Waals surface area contributed by atoms with Gasteiger partial charge in [0.1, 0.15) is 17.9 Å². The van der Waals surface area contributed by atoms with E-state index in [2.05, 4.69) is 38.5 Å². The third-order valence-electron chi connectivity index (χ3n) is 5.60. The Labute approximate surface area is 152 Å². The largest absolute Gasteiger partial charge is 0.382 e. The van der Waals surface area contributed by atoms with Gasteiger partial charge >= 0.3 is 0 Å². The summed E-state index contributed by atoms with van der Waals surface area (Å²) in [6.07, 6.45) is 0. The zero-order valence-electron chi connectivity index (χ0n) is 15.1. The zero-order chi connectivity index (χ0) is 17.7. The summed E-state index contributed by atoms with van der Waals surface area (Å²) in [7, 11) is 2.18. The molecule has 0 aliphatic carbocycles. The van der Waals surface area contributed by atoms with Crippen molar-refractivity contribution in [1.29, 1.82) is 0 Å². The first kappa shape index (κ1) is 16.0. The Kier molecular flexibility index (Phi) is 3.81. The van der Waals surface area contributed by atoms with Gasteiger partial charge < -0.3 is 19.9 Å². The Morgan fingerprint density at radius 2 is 1.96 bits per heavy atom. The van der Waals surface area contributed by atoms with E-state index in [-0.39, 0.29) is 6.04 Å². The van der Waals surface area contributed by atoms with Crippen LogP contribution < -0.4 is 5.73 Å². The van der Waals surface area contributed by atoms with E-state index in [9.17, 15) is 0 Å². The third kappa shape index (κ3) is 2.55. The van der Waals surface area contributed by atoms with Crippen LogP contribution in [0.25, 0.3) is 21.9 Å². The number of benzene rings is 1. The maximum atomic E-state index is 6.24. The highest BCUT2D eigenvalue weighted by molar-refractivity contribution is 6.06. The number of nitrogen functional groups attached to an aromatic ring is 1. The lowest BCUT2D eigenvalue weighted by molar-refractivity contribution is 0.0355. The van der Waals surface area contributed by atoms with E-state index in [1.807, 2.05) is 12.1 Å². The molecule has 1 atom stereocenters. The van der Waals surface area contributed by atoms with Gasteiger partial charge in [-0.15, -0.1) is 0 Å². The molecule has 3 aromatic rings. The quantitative estimate of drug-likeness (QED) is 0.753. The van der Waals surface area contributed by atoms with E-state index >= 15 is 0 Å². The number of hydrogen-bond acceptors (Lipinski definition) is 6. The summed E-state index contributed by atoms with van der Waals surface area (Å²) in [5, 5.41) is 1.11. The Hall–Kier alpha value is -2.22. The summed E-state index contributed by atoms with van der Waals surface area (Å²) >= 11 is 0. The molecule has 0 amide bonds. The highest BCUT2D eigenvalue weighted by atomic mass is 16.5. The van der Waals surface area contributed by atoms with Crippen LogP contribution >= 0.6 is 0 Å². The molecule has 26 heavy (non-hydrogen) atoms. The summed E-state index contributed by atoms with van der Waals surface area (Å²) in [5.41, 5.74) is 9.06. The van der Waals surface area contributed by atoms with E-state index in [4.69, 9.17) is 15.5 Å². The normalized spacial score (nSPS) is 22.1. The number of anilines is 1. The van der Waals surface area contributed by atoms with E-state index in [0.29, 0.717) is 19.0 Å². The lowest BCUT2D eigenvalue weighted by Crippen LogP contribution is -2.47. The lowest BCUT2D eigenvalue weighted by atomic mass is 10.1. The minimum Gasteiger partial charge on any atom is -0.382 e. The van der Waals surface area contributed by atoms with E-state index in [1.54, 1.807) is 0 Å². The number of fused-ring (bicyclic) bond motifs is 5. The van der Waals surface area contributed by atoms with Gasteiger partial charge in [0.25, 0.3) is 0 Å². The summed E-state index contributed by atoms with van der Waals surface area (Å²) < 4.78 is 8.23. The van der Waals surface area contributed by atoms with Gasteiger partial charge in [0, 0.05) is 38.1 Å². The average Bonchev–Trinajstić information content (AvgIpc) is 3.05. The van der Waals surface area contributed by atoms with Gasteiger partial charge in [-0.3, -0.25) is 4.90 Å². The molecule has 0 unspecified atom stereocenters. The number of nitrogens with two attached hydrogens (primary N) is 1. The Bertz CT molecular complexity index is 959. The molecule has 5 rings (SSSR count). The summed E-state index contributed by atoms with van der Waals surface area (Å²) in [4.78, 5) is 14.2. The maximum absolute atomic E-state index is 6.24. The van der Waals surface area contributed by atoms with Crippen LogP contribution in [0.5, 0.6) is 0 Å². The molecule has 2 aromatic heterocycles. The predicted molar refractivity (Wildman–Crippen MR) is 102 cm³/mol. The fraction of sp³-hybridized carbons (Fsp3) is 0.474. The highest BCUT2D eigenvalue weighted by Crippen LogP contribution is 2.33. The molecule has 2 aliphatic heterocycles. The molecule has 0 spiro atoms. The SMILES string of the molecule is CN1CCN(C[C@H]2COCc3nc4c(N)nc5ccccc5c4n32)CC1. The summed E-state index contributed by atoms with van der Waals surface area (Å²) in [6.45, 7) is 6.64. The Morgan fingerprint density at radius 1 is 1.15 bits per heavy atom. The van der Waals surface area contributed by atoms with Crippen LogP contribution in [0.4, 0.5) is 5.82 Å². The maximum Gasteiger partial charge on any atom is 0.152 e. The number of hydrogen-bond donors (Lipinski definition) is 1. The second kappa shape index (κ2) is 6.19. The molecule has 136 valence electrons. The fourth-order valence-electron chi connectivity index (χ4n) is 4.19. The third-order valence-corrected chi connectivity index (χ3v) is 5.60. The van der Waals surface area contributed by atoms with Crippen molar-refractivity contribution in [3.8, 4) is 0 Å². The number of imidazole rings is 1. The minimum atomic E-state index is 0.248. The molecule has 0 radical (unpaired) electrons. The van der Waals surface area contributed by atoms with Crippen LogP contribution in [0.2, 0.25) is 0 Å². The zero-order valence-corrected chi connectivity index (χ0v) is 15.1. The number of ether oxygens (including phenoxy) is 1. The Balaban J connectivity index is 1.61. The molecule has 0 saturated carbocycles. The highest BCUT2D eigenvalue weighted by Gasteiger charge is 2.28. The summed E-state index contributed by atoms with van der Waals surface area (Å²) in [5.74, 6) is 1.45. The van der Waals surface area contributed by atoms with Gasteiger partial charge in [-0.2, -0.15) is 0 Å². The second-order valence-corrected chi connectivity index (χ2v) is 7.38. The molecule has 2 N–H and O–H groups in total. The molecule has 2 aliphatic rings. The lowest BCUT2D eigenvalue weighted by Gasteiger charge is -2.36. The van der Waals surface area contributed by atoms with Crippen molar-refractivity contribution < 1.29 is 4.74 Å². The van der Waals surface area contributed by atoms with Crippen LogP contribution in [0.1, 0.15) is 11.9 Å². The van der Waals surface area contributed by atoms with E-state index in [0.717, 1.165) is 60.5 Å². The molecule has 7 heteroatoms. The number of nitrogens with zero attached hydrogens (tertiary/aromatic N) is 5.